The Balaban J connectivity index is 1.86. The lowest BCUT2D eigenvalue weighted by Gasteiger charge is -2.59. The van der Waals surface area contributed by atoms with Crippen molar-refractivity contribution in [1.82, 2.24) is 4.90 Å². The summed E-state index contributed by atoms with van der Waals surface area (Å²) in [7, 11) is 0. The molecule has 1 fully saturated rings. The van der Waals surface area contributed by atoms with Crippen LogP contribution >= 0.6 is 0 Å². The van der Waals surface area contributed by atoms with Crippen LogP contribution in [0, 0.1) is 16.2 Å². The molecule has 6 heteroatoms. The smallest absolute Gasteiger partial charge is 0.238 e. The maximum Gasteiger partial charge on any atom is 0.238 e. The number of nitrogens with zero attached hydrogens (tertiary/aromatic N) is 1. The van der Waals surface area contributed by atoms with Crippen molar-refractivity contribution >= 4 is 11.8 Å². The molecule has 4 N–H and O–H groups in total. The van der Waals surface area contributed by atoms with Gasteiger partial charge in [0.15, 0.2) is 0 Å². The van der Waals surface area contributed by atoms with Crippen molar-refractivity contribution in [3.63, 3.8) is 0 Å². The SMILES string of the molecule is CC(C)(C)C(N(C(=O)C1(C(N)=O)CCCCC1)C(C(C)(C)C)C(O)(Cc1ccccc1)Cc1ccccc1)C(O)(Cc1ccccc1)Cc1ccccc1. The third-order valence-electron chi connectivity index (χ3n) is 11.4. The first-order valence-corrected chi connectivity index (χ1v) is 19.7. The average Bonchev–Trinajstić information content (AvgIpc) is 3.11. The summed E-state index contributed by atoms with van der Waals surface area (Å²) in [5, 5.41) is 27.4. The summed E-state index contributed by atoms with van der Waals surface area (Å²) < 4.78 is 0. The Hall–Kier alpha value is -4.26. The maximum absolute atomic E-state index is 16.1. The zero-order valence-electron chi connectivity index (χ0n) is 33.3. The standard InChI is InChI=1S/C48H62N2O4/c1-44(2,3)40(47(53,32-36-22-12-7-13-23-36)33-37-24-14-8-15-25-37)50(43(52)46(42(49)51)30-20-11-21-31-46)41(45(4,5)6)48(54,34-38-26-16-9-17-27-38)35-39-28-18-10-19-29-39/h7-10,12-19,22-29,40-41,53-54H,11,20-21,30-35H2,1-6H3,(H2,49,51). The Morgan fingerprint density at radius 1 is 0.556 bits per heavy atom. The Kier molecular flexibility index (Phi) is 12.6. The number of nitrogens with two attached hydrogens (primary N) is 1. The molecule has 2 unspecified atom stereocenters. The van der Waals surface area contributed by atoms with Gasteiger partial charge in [0.1, 0.15) is 5.41 Å². The van der Waals surface area contributed by atoms with Crippen LogP contribution in [-0.2, 0) is 35.3 Å². The zero-order chi connectivity index (χ0) is 39.2. The highest BCUT2D eigenvalue weighted by molar-refractivity contribution is 6.05. The summed E-state index contributed by atoms with van der Waals surface area (Å²) in [6.45, 7) is 12.4. The molecule has 0 radical (unpaired) electrons. The summed E-state index contributed by atoms with van der Waals surface area (Å²) in [6, 6.07) is 37.9. The number of benzene rings is 4. The lowest BCUT2D eigenvalue weighted by Crippen LogP contribution is -2.74. The normalized spacial score (nSPS) is 16.3. The van der Waals surface area contributed by atoms with Gasteiger partial charge in [0, 0.05) is 25.7 Å². The highest BCUT2D eigenvalue weighted by atomic mass is 16.3. The molecular weight excluding hydrogens is 669 g/mol. The van der Waals surface area contributed by atoms with Gasteiger partial charge in [-0.2, -0.15) is 0 Å². The number of amides is 2. The Bertz CT molecular complexity index is 1600. The van der Waals surface area contributed by atoms with Crippen molar-refractivity contribution in [3.8, 4) is 0 Å². The summed E-state index contributed by atoms with van der Waals surface area (Å²) in [4.78, 5) is 31.8. The molecule has 0 bridgehead atoms. The molecule has 1 saturated carbocycles. The quantitative estimate of drug-likeness (QED) is 0.113. The van der Waals surface area contributed by atoms with Crippen LogP contribution in [0.1, 0.15) is 95.9 Å². The highest BCUT2D eigenvalue weighted by Crippen LogP contribution is 2.49. The van der Waals surface area contributed by atoms with Crippen LogP contribution in [0.25, 0.3) is 0 Å². The molecule has 288 valence electrons. The van der Waals surface area contributed by atoms with Crippen molar-refractivity contribution in [3.05, 3.63) is 144 Å². The van der Waals surface area contributed by atoms with Gasteiger partial charge in [-0.05, 0) is 45.9 Å². The monoisotopic (exact) mass is 730 g/mol. The second-order valence-corrected chi connectivity index (χ2v) is 18.1. The van der Waals surface area contributed by atoms with Crippen molar-refractivity contribution in [1.29, 1.82) is 0 Å². The number of hydrogen-bond donors (Lipinski definition) is 3. The van der Waals surface area contributed by atoms with E-state index < -0.39 is 51.3 Å². The molecule has 4 aromatic carbocycles. The van der Waals surface area contributed by atoms with Gasteiger partial charge < -0.3 is 20.8 Å². The molecule has 0 saturated heterocycles. The van der Waals surface area contributed by atoms with E-state index in [0.29, 0.717) is 25.7 Å². The molecule has 54 heavy (non-hydrogen) atoms. The van der Waals surface area contributed by atoms with Crippen LogP contribution in [0.5, 0.6) is 0 Å². The molecule has 0 aliphatic heterocycles. The van der Waals surface area contributed by atoms with E-state index in [-0.39, 0.29) is 25.7 Å². The number of aliphatic hydroxyl groups is 2. The fraction of sp³-hybridized carbons (Fsp3) is 0.458. The molecule has 5 rings (SSSR count). The molecule has 6 nitrogen and oxygen atoms in total. The van der Waals surface area contributed by atoms with Crippen LogP contribution in [-0.4, -0.2) is 50.2 Å². The first kappa shape index (κ1) is 40.9. The Labute approximate surface area is 323 Å². The summed E-state index contributed by atoms with van der Waals surface area (Å²) in [6.07, 6.45) is 3.92. The third-order valence-corrected chi connectivity index (χ3v) is 11.4. The topological polar surface area (TPSA) is 104 Å². The zero-order valence-corrected chi connectivity index (χ0v) is 33.3. The first-order chi connectivity index (χ1) is 25.5. The molecule has 2 atom stereocenters. The largest absolute Gasteiger partial charge is 0.387 e. The van der Waals surface area contributed by atoms with Gasteiger partial charge in [-0.25, -0.2) is 0 Å². The Morgan fingerprint density at radius 2 is 0.833 bits per heavy atom. The first-order valence-electron chi connectivity index (χ1n) is 19.7. The highest BCUT2D eigenvalue weighted by Gasteiger charge is 2.61. The molecule has 0 spiro atoms. The molecule has 2 amide bonds. The summed E-state index contributed by atoms with van der Waals surface area (Å²) >= 11 is 0. The maximum atomic E-state index is 16.1. The van der Waals surface area contributed by atoms with Crippen molar-refractivity contribution in [2.24, 2.45) is 22.0 Å². The predicted molar refractivity (Wildman–Crippen MR) is 219 cm³/mol. The molecular formula is C48H62N2O4. The Morgan fingerprint density at radius 3 is 1.07 bits per heavy atom. The van der Waals surface area contributed by atoms with E-state index in [1.165, 1.54) is 0 Å². The fourth-order valence-electron chi connectivity index (χ4n) is 9.63. The summed E-state index contributed by atoms with van der Waals surface area (Å²) in [5.74, 6) is -1.03. The molecule has 1 aliphatic rings. The third kappa shape index (κ3) is 9.33. The van der Waals surface area contributed by atoms with E-state index in [9.17, 15) is 15.0 Å². The van der Waals surface area contributed by atoms with Crippen molar-refractivity contribution in [2.75, 3.05) is 0 Å². The fourth-order valence-corrected chi connectivity index (χ4v) is 9.63. The number of primary amides is 1. The van der Waals surface area contributed by atoms with Crippen molar-refractivity contribution < 1.29 is 19.8 Å². The predicted octanol–water partition coefficient (Wildman–Crippen LogP) is 8.51. The van der Waals surface area contributed by atoms with E-state index in [4.69, 9.17) is 5.73 Å². The van der Waals surface area contributed by atoms with Gasteiger partial charge in [-0.15, -0.1) is 0 Å². The summed E-state index contributed by atoms with van der Waals surface area (Å²) in [5.41, 5.74) is 4.00. The number of carbonyl (C=O) groups excluding carboxylic acids is 2. The lowest BCUT2D eigenvalue weighted by molar-refractivity contribution is -0.192. The van der Waals surface area contributed by atoms with Crippen LogP contribution in [0.15, 0.2) is 121 Å². The van der Waals surface area contributed by atoms with Crippen LogP contribution in [0.4, 0.5) is 0 Å². The molecule has 0 aromatic heterocycles. The molecule has 1 aliphatic carbocycles. The minimum Gasteiger partial charge on any atom is -0.387 e. The van der Waals surface area contributed by atoms with Crippen molar-refractivity contribution in [2.45, 2.75) is 123 Å². The van der Waals surface area contributed by atoms with E-state index in [0.717, 1.165) is 28.7 Å². The minimum absolute atomic E-state index is 0.241. The second-order valence-electron chi connectivity index (χ2n) is 18.1. The van der Waals surface area contributed by atoms with E-state index in [1.54, 1.807) is 0 Å². The van der Waals surface area contributed by atoms with Gasteiger partial charge in [-0.1, -0.05) is 182 Å². The molecule has 4 aromatic rings. The minimum atomic E-state index is -1.55. The number of rotatable bonds is 14. The van der Waals surface area contributed by atoms with Gasteiger partial charge in [0.05, 0.1) is 23.3 Å². The van der Waals surface area contributed by atoms with Crippen LogP contribution < -0.4 is 5.73 Å². The van der Waals surface area contributed by atoms with E-state index >= 15 is 4.79 Å². The van der Waals surface area contributed by atoms with Gasteiger partial charge in [0.2, 0.25) is 11.8 Å². The number of carbonyl (C=O) groups is 2. The van der Waals surface area contributed by atoms with E-state index in [2.05, 4.69) is 41.5 Å². The average molecular weight is 731 g/mol. The van der Waals surface area contributed by atoms with E-state index in [1.807, 2.05) is 126 Å². The second kappa shape index (κ2) is 16.6. The van der Waals surface area contributed by atoms with Crippen LogP contribution in [0.3, 0.4) is 0 Å². The number of hydrogen-bond acceptors (Lipinski definition) is 4. The van der Waals surface area contributed by atoms with Crippen LogP contribution in [0.2, 0.25) is 0 Å². The lowest BCUT2D eigenvalue weighted by atomic mass is 9.63. The molecule has 0 heterocycles. The van der Waals surface area contributed by atoms with Gasteiger partial charge in [-0.3, -0.25) is 9.59 Å². The van der Waals surface area contributed by atoms with Gasteiger partial charge >= 0.3 is 0 Å². The van der Waals surface area contributed by atoms with Gasteiger partial charge in [0.25, 0.3) is 0 Å².